The van der Waals surface area contributed by atoms with E-state index in [-0.39, 0.29) is 63.2 Å². The van der Waals surface area contributed by atoms with E-state index in [9.17, 15) is 9.59 Å². The quantitative estimate of drug-likeness (QED) is 0.100. The molecule has 1 aliphatic heterocycles. The topological polar surface area (TPSA) is 145 Å². The molecule has 1 fully saturated rings. The number of aryl methyl sites for hydroxylation is 2. The molecule has 0 bridgehead atoms. The van der Waals surface area contributed by atoms with Gasteiger partial charge in [-0.25, -0.2) is 9.59 Å². The number of aromatic nitrogens is 4. The van der Waals surface area contributed by atoms with Gasteiger partial charge in [-0.05, 0) is 37.1 Å². The van der Waals surface area contributed by atoms with Gasteiger partial charge in [0.25, 0.3) is 0 Å². The number of hydrogen-bond acceptors (Lipinski definition) is 11. The molecule has 0 unspecified atom stereocenters. The number of hydrogen-bond donors (Lipinski definition) is 1. The Morgan fingerprint density at radius 3 is 1.65 bits per heavy atom. The van der Waals surface area contributed by atoms with Gasteiger partial charge in [0.1, 0.15) is 12.9 Å². The van der Waals surface area contributed by atoms with Crippen molar-refractivity contribution in [3.05, 3.63) is 34.9 Å². The predicted octanol–water partition coefficient (Wildman–Crippen LogP) is 2.82. The number of nitrogens with zero attached hydrogens (tertiary/aromatic N) is 4. The van der Waals surface area contributed by atoms with Gasteiger partial charge < -0.3 is 35.0 Å². The van der Waals surface area contributed by atoms with E-state index in [1.165, 1.54) is 43.9 Å². The number of halogens is 1. The number of carbonyl (C=O) groups is 2. The summed E-state index contributed by atoms with van der Waals surface area (Å²) in [7, 11) is 4.10. The summed E-state index contributed by atoms with van der Waals surface area (Å²) in [6.45, 7) is 17.9. The van der Waals surface area contributed by atoms with Gasteiger partial charge in [0.2, 0.25) is 0 Å². The van der Waals surface area contributed by atoms with Gasteiger partial charge in [-0.2, -0.15) is 10.2 Å². The van der Waals surface area contributed by atoms with Gasteiger partial charge >= 0.3 is 41.5 Å². The first-order valence-corrected chi connectivity index (χ1v) is 23.2. The summed E-state index contributed by atoms with van der Waals surface area (Å²) in [5, 5.41) is 16.7. The average molecular weight is 749 g/mol. The molecule has 1 saturated heterocycles. The van der Waals surface area contributed by atoms with Crippen molar-refractivity contribution in [3.63, 3.8) is 0 Å². The molecular weight excluding hydrogens is 687 g/mol. The van der Waals surface area contributed by atoms with E-state index in [0.29, 0.717) is 18.4 Å². The van der Waals surface area contributed by atoms with Crippen LogP contribution in [0.15, 0.2) is 12.1 Å². The van der Waals surface area contributed by atoms with Crippen molar-refractivity contribution >= 4 is 39.7 Å². The molecule has 3 heterocycles. The largest absolute Gasteiger partial charge is 1.00 e. The zero-order valence-corrected chi connectivity index (χ0v) is 35.3. The molecule has 13 nitrogen and oxygen atoms in total. The maximum Gasteiger partial charge on any atom is 1.00 e. The minimum absolute atomic E-state index is 0. The van der Waals surface area contributed by atoms with Gasteiger partial charge in [-0.15, -0.1) is 0 Å². The zero-order chi connectivity index (χ0) is 35.2. The van der Waals surface area contributed by atoms with Gasteiger partial charge in [0, 0.05) is 56.7 Å². The van der Waals surface area contributed by atoms with Crippen LogP contribution in [0.25, 0.3) is 0 Å². The number of rotatable bonds is 14. The van der Waals surface area contributed by atoms with Crippen LogP contribution in [-0.2, 0) is 55.7 Å². The number of aliphatic hydroxyl groups excluding tert-OH is 1. The molecule has 17 heteroatoms. The molecule has 2 aromatic heterocycles. The van der Waals surface area contributed by atoms with Crippen molar-refractivity contribution in [1.82, 2.24) is 19.6 Å². The molecule has 1 N–H and O–H groups in total. The molecule has 0 atom stereocenters. The van der Waals surface area contributed by atoms with Crippen LogP contribution >= 0.6 is 11.6 Å². The van der Waals surface area contributed by atoms with Crippen molar-refractivity contribution < 1.29 is 74.1 Å². The molecule has 48 heavy (non-hydrogen) atoms. The van der Waals surface area contributed by atoms with Crippen molar-refractivity contribution in [3.8, 4) is 0 Å². The van der Waals surface area contributed by atoms with Crippen LogP contribution in [0.5, 0.6) is 0 Å². The Morgan fingerprint density at radius 2 is 1.29 bits per heavy atom. The van der Waals surface area contributed by atoms with E-state index < -0.39 is 28.1 Å². The first-order chi connectivity index (χ1) is 21.6. The Bertz CT molecular complexity index is 1120. The summed E-state index contributed by atoms with van der Waals surface area (Å²) in [6, 6.07) is 5.82. The van der Waals surface area contributed by atoms with Crippen LogP contribution in [0.2, 0.25) is 51.4 Å². The fraction of sp³-hybridized carbons (Fsp3) is 0.742. The molecule has 0 saturated carbocycles. The van der Waals surface area contributed by atoms with Crippen molar-refractivity contribution in [2.75, 3.05) is 53.5 Å². The summed E-state index contributed by atoms with van der Waals surface area (Å²) in [5.74, 6) is -0.941. The molecular formula is C31H62ClN4NaO9Si2. The minimum atomic E-state index is -1.05. The Morgan fingerprint density at radius 1 is 0.854 bits per heavy atom. The second kappa shape index (κ2) is 28.6. The maximum absolute atomic E-state index is 11.3. The van der Waals surface area contributed by atoms with Crippen LogP contribution in [0.3, 0.4) is 0 Å². The molecule has 0 amide bonds. The predicted molar refractivity (Wildman–Crippen MR) is 191 cm³/mol. The van der Waals surface area contributed by atoms with Crippen LogP contribution < -0.4 is 29.6 Å². The minimum Gasteiger partial charge on any atom is -1.00 e. The number of alkyl halides is 1. The molecule has 1 aliphatic rings. The second-order valence-electron chi connectivity index (χ2n) is 12.8. The first-order valence-electron chi connectivity index (χ1n) is 15.3. The zero-order valence-electron chi connectivity index (χ0n) is 31.5. The SMILES string of the molecule is C.C1CCOC1.COC(=O)c1cc(CO)n(C)n1.COC(=O)c1cc(COCOCC[Si](C)(C)C)n(C)n1.C[Si](C)(C)CCOCCl.[H-].[Na+]. The van der Waals surface area contributed by atoms with Gasteiger partial charge in [0.15, 0.2) is 11.4 Å². The Labute approximate surface area is 319 Å². The summed E-state index contributed by atoms with van der Waals surface area (Å²) in [4.78, 5) is 22.2. The molecule has 276 valence electrons. The van der Waals surface area contributed by atoms with E-state index in [1.54, 1.807) is 24.8 Å². The first kappa shape index (κ1) is 51.3. The average Bonchev–Trinajstić information content (AvgIpc) is 3.76. The van der Waals surface area contributed by atoms with E-state index in [2.05, 4.69) is 59.0 Å². The molecule has 0 aromatic carbocycles. The van der Waals surface area contributed by atoms with Crippen LogP contribution in [0.4, 0.5) is 0 Å². The third kappa shape index (κ3) is 25.8. The van der Waals surface area contributed by atoms with Crippen LogP contribution in [0, 0.1) is 0 Å². The van der Waals surface area contributed by atoms with E-state index >= 15 is 0 Å². The molecule has 0 radical (unpaired) electrons. The Hall–Kier alpha value is -1.12. The smallest absolute Gasteiger partial charge is 1.00 e. The van der Waals surface area contributed by atoms with Crippen molar-refractivity contribution in [2.24, 2.45) is 14.1 Å². The summed E-state index contributed by atoms with van der Waals surface area (Å²) >= 11 is 5.32. The number of aliphatic hydroxyl groups is 1. The molecule has 2 aromatic rings. The van der Waals surface area contributed by atoms with E-state index in [0.717, 1.165) is 38.2 Å². The Balaban J connectivity index is -0.000000299. The van der Waals surface area contributed by atoms with E-state index in [1.807, 2.05) is 0 Å². The summed E-state index contributed by atoms with van der Waals surface area (Å²) < 4.78 is 32.9. The van der Waals surface area contributed by atoms with Gasteiger partial charge in [-0.3, -0.25) is 9.36 Å². The Kier molecular flexibility index (Phi) is 30.5. The fourth-order valence-corrected chi connectivity index (χ4v) is 4.91. The normalized spacial score (nSPS) is 12.1. The number of methoxy groups -OCH3 is 2. The molecule has 0 aliphatic carbocycles. The van der Waals surface area contributed by atoms with Crippen LogP contribution in [-0.4, -0.2) is 106 Å². The number of ether oxygens (including phenoxy) is 6. The molecule has 3 rings (SSSR count). The van der Waals surface area contributed by atoms with Crippen molar-refractivity contribution in [1.29, 1.82) is 0 Å². The van der Waals surface area contributed by atoms with Gasteiger partial charge in [-0.1, -0.05) is 58.3 Å². The van der Waals surface area contributed by atoms with Gasteiger partial charge in [0.05, 0.1) is 38.8 Å². The fourth-order valence-electron chi connectivity index (χ4n) is 3.29. The number of carbonyl (C=O) groups excluding carboxylic acids is 2. The van der Waals surface area contributed by atoms with Crippen LogP contribution in [0.1, 0.15) is 54.1 Å². The van der Waals surface area contributed by atoms with E-state index in [4.69, 9.17) is 35.7 Å². The second-order valence-corrected chi connectivity index (χ2v) is 24.2. The van der Waals surface area contributed by atoms with Crippen molar-refractivity contribution in [2.45, 2.75) is 84.9 Å². The maximum atomic E-state index is 11.3. The molecule has 0 spiro atoms. The standard InChI is InChI=1S/C13H24N2O4Si.C7H10N2O3.C6H15ClOSi.C4H8O.CH4.Na.H/c1-15-11(8-12(14-15)13(16)17-2)9-19-10-18-6-7-20(3,4)5;1-9-5(4-10)3-6(8-9)7(11)12-2;1-9(2,3)5-4-8-6-7;1-2-4-5-3-1;;;/h8H,6-7,9-10H2,1-5H3;3,10H,4H2,1-2H3;4-6H2,1-3H3;1-4H2;1H4;;/q;;;;;+1;-1. The monoisotopic (exact) mass is 748 g/mol. The number of esters is 2. The third-order valence-corrected chi connectivity index (χ3v) is 9.78. The summed E-state index contributed by atoms with van der Waals surface area (Å²) in [5.41, 5.74) is 1.88. The summed E-state index contributed by atoms with van der Waals surface area (Å²) in [6.07, 6.45) is 2.56. The third-order valence-electron chi connectivity index (χ3n) is 6.22.